The molecule has 2 aromatic rings. The Hall–Kier alpha value is -1.89. The van der Waals surface area contributed by atoms with Gasteiger partial charge in [-0.2, -0.15) is 0 Å². The third-order valence-corrected chi connectivity index (χ3v) is 4.76. The molecule has 1 fully saturated rings. The van der Waals surface area contributed by atoms with Gasteiger partial charge in [-0.25, -0.2) is 0 Å². The minimum Gasteiger partial charge on any atom is -0.374 e. The number of amides is 1. The molecule has 6 nitrogen and oxygen atoms in total. The summed E-state index contributed by atoms with van der Waals surface area (Å²) in [6.45, 7) is 5.86. The predicted molar refractivity (Wildman–Crippen MR) is 99.7 cm³/mol. The van der Waals surface area contributed by atoms with Crippen LogP contribution in [-0.4, -0.2) is 67.8 Å². The highest BCUT2D eigenvalue weighted by atomic mass is 16.5. The number of para-hydroxylation sites is 1. The van der Waals surface area contributed by atoms with Crippen LogP contribution in [0.5, 0.6) is 0 Å². The van der Waals surface area contributed by atoms with E-state index in [1.54, 1.807) is 0 Å². The minimum absolute atomic E-state index is 0.0315. The normalized spacial score (nSPS) is 19.8. The fourth-order valence-corrected chi connectivity index (χ4v) is 3.20. The zero-order valence-corrected chi connectivity index (χ0v) is 15.0. The second-order valence-electron chi connectivity index (χ2n) is 6.79. The Morgan fingerprint density at radius 2 is 2.28 bits per heavy atom. The van der Waals surface area contributed by atoms with Crippen LogP contribution in [-0.2, 0) is 16.0 Å². The molecule has 1 aliphatic rings. The molecule has 0 spiro atoms. The number of nitrogens with zero attached hydrogens (tertiary/aromatic N) is 1. The number of H-pyrrole nitrogens is 1. The molecule has 1 amide bonds. The van der Waals surface area contributed by atoms with E-state index in [-0.39, 0.29) is 18.1 Å². The van der Waals surface area contributed by atoms with Crippen molar-refractivity contribution in [3.05, 3.63) is 36.0 Å². The van der Waals surface area contributed by atoms with Crippen LogP contribution in [0.1, 0.15) is 12.5 Å². The summed E-state index contributed by atoms with van der Waals surface area (Å²) in [4.78, 5) is 17.8. The van der Waals surface area contributed by atoms with Gasteiger partial charge in [0.15, 0.2) is 0 Å². The Bertz CT molecular complexity index is 700. The number of rotatable bonds is 7. The maximum atomic E-state index is 12.2. The molecule has 6 heteroatoms. The number of hydrogen-bond donors (Lipinski definition) is 3. The van der Waals surface area contributed by atoms with Crippen LogP contribution in [0.25, 0.3) is 10.9 Å². The first-order chi connectivity index (χ1) is 12.1. The van der Waals surface area contributed by atoms with Crippen molar-refractivity contribution >= 4 is 16.8 Å². The van der Waals surface area contributed by atoms with Crippen LogP contribution in [0.3, 0.4) is 0 Å². The van der Waals surface area contributed by atoms with E-state index < -0.39 is 0 Å². The number of morpholine rings is 1. The van der Waals surface area contributed by atoms with Crippen LogP contribution >= 0.6 is 0 Å². The quantitative estimate of drug-likeness (QED) is 0.704. The summed E-state index contributed by atoms with van der Waals surface area (Å²) >= 11 is 0. The Kier molecular flexibility index (Phi) is 6.07. The number of carbonyl (C=O) groups is 1. The summed E-state index contributed by atoms with van der Waals surface area (Å²) < 4.78 is 5.71. The zero-order chi connectivity index (χ0) is 17.6. The van der Waals surface area contributed by atoms with E-state index in [4.69, 9.17) is 4.74 Å². The molecule has 0 unspecified atom stereocenters. The molecule has 25 heavy (non-hydrogen) atoms. The molecule has 0 radical (unpaired) electrons. The lowest BCUT2D eigenvalue weighted by Crippen LogP contribution is -2.49. The Morgan fingerprint density at radius 3 is 3.12 bits per heavy atom. The summed E-state index contributed by atoms with van der Waals surface area (Å²) in [5, 5.41) is 7.52. The van der Waals surface area contributed by atoms with Crippen molar-refractivity contribution in [3.63, 3.8) is 0 Å². The highest BCUT2D eigenvalue weighted by molar-refractivity contribution is 5.83. The summed E-state index contributed by atoms with van der Waals surface area (Å²) in [5.74, 6) is 0.0315. The van der Waals surface area contributed by atoms with E-state index in [9.17, 15) is 4.79 Å². The van der Waals surface area contributed by atoms with Crippen molar-refractivity contribution in [2.45, 2.75) is 25.5 Å². The molecule has 1 aromatic heterocycles. The van der Waals surface area contributed by atoms with Gasteiger partial charge in [0.05, 0.1) is 18.8 Å². The standard InChI is InChI=1S/C19H28N4O2/c1-14(21-12-16-13-23(2)9-10-25-16)19(24)20-8-7-15-11-22-18-6-4-3-5-17(15)18/h3-6,11,14,16,21-22H,7-10,12-13H2,1-2H3,(H,20,24)/t14-,16+/m0/s1. The SMILES string of the molecule is C[C@H](NC[C@@H]1CN(C)CCO1)C(=O)NCCc1c[nH]c2ccccc12. The van der Waals surface area contributed by atoms with Crippen molar-refractivity contribution in [1.29, 1.82) is 0 Å². The lowest BCUT2D eigenvalue weighted by Gasteiger charge is -2.30. The average molecular weight is 344 g/mol. The van der Waals surface area contributed by atoms with Gasteiger partial charge in [-0.1, -0.05) is 18.2 Å². The van der Waals surface area contributed by atoms with Crippen molar-refractivity contribution < 1.29 is 9.53 Å². The molecule has 2 heterocycles. The number of likely N-dealkylation sites (N-methyl/N-ethyl adjacent to an activating group) is 1. The van der Waals surface area contributed by atoms with Crippen molar-refractivity contribution in [3.8, 4) is 0 Å². The average Bonchev–Trinajstić information content (AvgIpc) is 3.03. The van der Waals surface area contributed by atoms with Crippen LogP contribution in [0, 0.1) is 0 Å². The second-order valence-corrected chi connectivity index (χ2v) is 6.79. The summed E-state index contributed by atoms with van der Waals surface area (Å²) in [6.07, 6.45) is 2.99. The monoisotopic (exact) mass is 344 g/mol. The topological polar surface area (TPSA) is 69.4 Å². The molecule has 2 atom stereocenters. The van der Waals surface area contributed by atoms with Gasteiger partial charge in [-0.15, -0.1) is 0 Å². The molecule has 136 valence electrons. The molecule has 3 rings (SSSR count). The van der Waals surface area contributed by atoms with Gasteiger partial charge in [-0.3, -0.25) is 4.79 Å². The number of hydrogen-bond acceptors (Lipinski definition) is 4. The third-order valence-electron chi connectivity index (χ3n) is 4.76. The lowest BCUT2D eigenvalue weighted by molar-refractivity contribution is -0.122. The third kappa shape index (κ3) is 4.81. The number of benzene rings is 1. The van der Waals surface area contributed by atoms with Gasteiger partial charge in [0.1, 0.15) is 0 Å². The Morgan fingerprint density at radius 1 is 1.44 bits per heavy atom. The molecule has 0 saturated carbocycles. The van der Waals surface area contributed by atoms with Crippen LogP contribution < -0.4 is 10.6 Å². The lowest BCUT2D eigenvalue weighted by atomic mass is 10.1. The highest BCUT2D eigenvalue weighted by Gasteiger charge is 2.19. The van der Waals surface area contributed by atoms with E-state index in [2.05, 4.69) is 39.7 Å². The molecule has 0 aliphatic carbocycles. The van der Waals surface area contributed by atoms with E-state index in [1.807, 2.05) is 25.3 Å². The van der Waals surface area contributed by atoms with Crippen molar-refractivity contribution in [2.24, 2.45) is 0 Å². The number of fused-ring (bicyclic) bond motifs is 1. The predicted octanol–water partition coefficient (Wildman–Crippen LogP) is 1.14. The van der Waals surface area contributed by atoms with E-state index in [0.29, 0.717) is 13.1 Å². The fraction of sp³-hybridized carbons (Fsp3) is 0.526. The molecule has 1 aliphatic heterocycles. The van der Waals surface area contributed by atoms with Crippen LogP contribution in [0.2, 0.25) is 0 Å². The van der Waals surface area contributed by atoms with E-state index in [0.717, 1.165) is 31.6 Å². The van der Waals surface area contributed by atoms with E-state index >= 15 is 0 Å². The molecule has 3 N–H and O–H groups in total. The largest absolute Gasteiger partial charge is 0.374 e. The zero-order valence-electron chi connectivity index (χ0n) is 15.0. The first-order valence-corrected chi connectivity index (χ1v) is 8.99. The van der Waals surface area contributed by atoms with Crippen molar-refractivity contribution in [2.75, 3.05) is 39.8 Å². The molecule has 1 saturated heterocycles. The van der Waals surface area contributed by atoms with Crippen LogP contribution in [0.15, 0.2) is 30.5 Å². The molecule has 1 aromatic carbocycles. The first-order valence-electron chi connectivity index (χ1n) is 8.99. The molecule has 0 bridgehead atoms. The van der Waals surface area contributed by atoms with Crippen LogP contribution in [0.4, 0.5) is 0 Å². The Labute approximate surface area is 148 Å². The summed E-state index contributed by atoms with van der Waals surface area (Å²) in [5.41, 5.74) is 2.37. The van der Waals surface area contributed by atoms with Gasteiger partial charge in [0.2, 0.25) is 5.91 Å². The number of ether oxygens (including phenoxy) is 1. The van der Waals surface area contributed by atoms with Gasteiger partial charge < -0.3 is 25.3 Å². The first kappa shape index (κ1) is 17.9. The van der Waals surface area contributed by atoms with Crippen molar-refractivity contribution in [1.82, 2.24) is 20.5 Å². The molecular formula is C19H28N4O2. The smallest absolute Gasteiger partial charge is 0.236 e. The summed E-state index contributed by atoms with van der Waals surface area (Å²) in [6, 6.07) is 8.00. The second kappa shape index (κ2) is 8.47. The summed E-state index contributed by atoms with van der Waals surface area (Å²) in [7, 11) is 2.09. The number of nitrogens with one attached hydrogen (secondary N) is 3. The number of aromatic nitrogens is 1. The highest BCUT2D eigenvalue weighted by Crippen LogP contribution is 2.17. The van der Waals surface area contributed by atoms with Gasteiger partial charge in [-0.05, 0) is 32.0 Å². The van der Waals surface area contributed by atoms with Gasteiger partial charge in [0, 0.05) is 43.3 Å². The minimum atomic E-state index is -0.223. The number of carbonyl (C=O) groups excluding carboxylic acids is 1. The van der Waals surface area contributed by atoms with E-state index in [1.165, 1.54) is 10.9 Å². The fourth-order valence-electron chi connectivity index (χ4n) is 3.20. The molecular weight excluding hydrogens is 316 g/mol. The van der Waals surface area contributed by atoms with Gasteiger partial charge in [0.25, 0.3) is 0 Å². The maximum Gasteiger partial charge on any atom is 0.236 e. The van der Waals surface area contributed by atoms with Gasteiger partial charge >= 0.3 is 0 Å². The maximum absolute atomic E-state index is 12.2. The number of aromatic amines is 1. The Balaban J connectivity index is 1.39.